The van der Waals surface area contributed by atoms with Crippen molar-refractivity contribution >= 4 is 11.7 Å². The van der Waals surface area contributed by atoms with Crippen molar-refractivity contribution in [1.29, 1.82) is 0 Å². The Morgan fingerprint density at radius 2 is 1.72 bits per heavy atom. The summed E-state index contributed by atoms with van der Waals surface area (Å²) in [6.07, 6.45) is 0. The molecule has 3 N–H and O–H groups in total. The highest BCUT2D eigenvalue weighted by Gasteiger charge is 2.08. The fraction of sp³-hybridized carbons (Fsp3) is 0.0714. The number of aromatic carboxylic acids is 1. The number of hydrogen-bond donors (Lipinski definition) is 2. The van der Waals surface area contributed by atoms with Gasteiger partial charge in [-0.2, -0.15) is 0 Å². The number of nitrogen functional groups attached to an aromatic ring is 1. The van der Waals surface area contributed by atoms with Crippen LogP contribution in [0.25, 0.3) is 0 Å². The van der Waals surface area contributed by atoms with Crippen molar-refractivity contribution in [3.05, 3.63) is 53.6 Å². The molecule has 2 aromatic rings. The van der Waals surface area contributed by atoms with E-state index < -0.39 is 5.97 Å². The molecule has 0 saturated carbocycles. The number of rotatable bonds is 3. The van der Waals surface area contributed by atoms with Gasteiger partial charge in [0.15, 0.2) is 0 Å². The lowest BCUT2D eigenvalue weighted by Crippen LogP contribution is -2.02. The van der Waals surface area contributed by atoms with Gasteiger partial charge in [-0.3, -0.25) is 0 Å². The lowest BCUT2D eigenvalue weighted by atomic mass is 10.2. The Bertz CT molecular complexity index is 576. The highest BCUT2D eigenvalue weighted by Crippen LogP contribution is 2.25. The highest BCUT2D eigenvalue weighted by atomic mass is 16.5. The maximum absolute atomic E-state index is 10.8. The van der Waals surface area contributed by atoms with Crippen molar-refractivity contribution in [2.24, 2.45) is 0 Å². The molecule has 4 nitrogen and oxygen atoms in total. The topological polar surface area (TPSA) is 72.5 Å². The molecule has 2 aromatic carbocycles. The van der Waals surface area contributed by atoms with Gasteiger partial charge in [-0.15, -0.1) is 0 Å². The van der Waals surface area contributed by atoms with E-state index in [9.17, 15) is 4.79 Å². The summed E-state index contributed by atoms with van der Waals surface area (Å²) in [6, 6.07) is 12.1. The van der Waals surface area contributed by atoms with Gasteiger partial charge < -0.3 is 15.6 Å². The van der Waals surface area contributed by atoms with Crippen molar-refractivity contribution < 1.29 is 14.6 Å². The van der Waals surface area contributed by atoms with Crippen LogP contribution in [-0.2, 0) is 0 Å². The first-order chi connectivity index (χ1) is 8.56. The molecule has 0 heterocycles. The van der Waals surface area contributed by atoms with Gasteiger partial charge in [0.2, 0.25) is 0 Å². The second-order valence-electron chi connectivity index (χ2n) is 3.97. The number of ether oxygens (including phenoxy) is 1. The van der Waals surface area contributed by atoms with E-state index in [1.807, 2.05) is 31.2 Å². The van der Waals surface area contributed by atoms with Gasteiger partial charge >= 0.3 is 5.97 Å². The fourth-order valence-corrected chi connectivity index (χ4v) is 1.54. The van der Waals surface area contributed by atoms with Crippen molar-refractivity contribution in [1.82, 2.24) is 0 Å². The van der Waals surface area contributed by atoms with Gasteiger partial charge in [0.1, 0.15) is 11.5 Å². The van der Waals surface area contributed by atoms with Crippen molar-refractivity contribution in [2.45, 2.75) is 6.92 Å². The third-order valence-corrected chi connectivity index (χ3v) is 2.51. The SMILES string of the molecule is Cc1ccc(Oc2ccc(C(=O)O)c(N)c2)cc1. The van der Waals surface area contributed by atoms with Crippen LogP contribution in [-0.4, -0.2) is 11.1 Å². The van der Waals surface area contributed by atoms with E-state index in [1.165, 1.54) is 12.1 Å². The lowest BCUT2D eigenvalue weighted by Gasteiger charge is -2.08. The van der Waals surface area contributed by atoms with E-state index in [-0.39, 0.29) is 11.3 Å². The van der Waals surface area contributed by atoms with Crippen molar-refractivity contribution in [2.75, 3.05) is 5.73 Å². The molecule has 18 heavy (non-hydrogen) atoms. The molecule has 0 aliphatic carbocycles. The van der Waals surface area contributed by atoms with Gasteiger partial charge in [-0.1, -0.05) is 17.7 Å². The molecule has 0 atom stereocenters. The van der Waals surface area contributed by atoms with E-state index in [1.54, 1.807) is 6.07 Å². The zero-order valence-corrected chi connectivity index (χ0v) is 9.88. The first-order valence-electron chi connectivity index (χ1n) is 5.43. The summed E-state index contributed by atoms with van der Waals surface area (Å²) >= 11 is 0. The minimum atomic E-state index is -1.05. The quantitative estimate of drug-likeness (QED) is 0.812. The Morgan fingerprint density at radius 3 is 2.28 bits per heavy atom. The lowest BCUT2D eigenvalue weighted by molar-refractivity contribution is 0.0698. The number of nitrogens with two attached hydrogens (primary N) is 1. The smallest absolute Gasteiger partial charge is 0.337 e. The first kappa shape index (κ1) is 12.0. The van der Waals surface area contributed by atoms with Crippen LogP contribution in [0.15, 0.2) is 42.5 Å². The number of carboxylic acid groups (broad SMARTS) is 1. The molecule has 0 spiro atoms. The normalized spacial score (nSPS) is 10.1. The maximum Gasteiger partial charge on any atom is 0.337 e. The number of aryl methyl sites for hydroxylation is 1. The molecule has 0 aliphatic heterocycles. The first-order valence-corrected chi connectivity index (χ1v) is 5.43. The van der Waals surface area contributed by atoms with Crippen LogP contribution in [0.2, 0.25) is 0 Å². The van der Waals surface area contributed by atoms with Gasteiger partial charge in [-0.25, -0.2) is 4.79 Å². The summed E-state index contributed by atoms with van der Waals surface area (Å²) in [5.74, 6) is 0.152. The maximum atomic E-state index is 10.8. The molecule has 0 saturated heterocycles. The van der Waals surface area contributed by atoms with Crippen molar-refractivity contribution in [3.8, 4) is 11.5 Å². The summed E-state index contributed by atoms with van der Waals surface area (Å²) in [7, 11) is 0. The third kappa shape index (κ3) is 2.60. The predicted molar refractivity (Wildman–Crippen MR) is 69.1 cm³/mol. The summed E-state index contributed by atoms with van der Waals surface area (Å²) in [5.41, 5.74) is 7.04. The Labute approximate surface area is 105 Å². The summed E-state index contributed by atoms with van der Waals surface area (Å²) in [6.45, 7) is 1.99. The minimum Gasteiger partial charge on any atom is -0.478 e. The summed E-state index contributed by atoms with van der Waals surface area (Å²) in [5, 5.41) is 8.86. The molecule has 0 unspecified atom stereocenters. The number of hydrogen-bond acceptors (Lipinski definition) is 3. The Hall–Kier alpha value is -2.49. The van der Waals surface area contributed by atoms with Crippen LogP contribution in [0.5, 0.6) is 11.5 Å². The van der Waals surface area contributed by atoms with E-state index in [0.717, 1.165) is 5.56 Å². The molecule has 0 aromatic heterocycles. The molecule has 0 aliphatic rings. The zero-order valence-electron chi connectivity index (χ0n) is 9.88. The molecular formula is C14H13NO3. The molecule has 0 fully saturated rings. The van der Waals surface area contributed by atoms with Crippen LogP contribution in [0, 0.1) is 6.92 Å². The molecule has 2 rings (SSSR count). The Morgan fingerprint density at radius 1 is 1.11 bits per heavy atom. The average molecular weight is 243 g/mol. The molecular weight excluding hydrogens is 230 g/mol. The second-order valence-corrected chi connectivity index (χ2v) is 3.97. The molecule has 0 amide bonds. The minimum absolute atomic E-state index is 0.0752. The largest absolute Gasteiger partial charge is 0.478 e. The van der Waals surface area contributed by atoms with Crippen LogP contribution < -0.4 is 10.5 Å². The number of carboxylic acids is 1. The monoisotopic (exact) mass is 243 g/mol. The number of anilines is 1. The van der Waals surface area contributed by atoms with Gasteiger partial charge in [0.05, 0.1) is 5.56 Å². The van der Waals surface area contributed by atoms with E-state index in [0.29, 0.717) is 11.5 Å². The van der Waals surface area contributed by atoms with Crippen LogP contribution in [0.3, 0.4) is 0 Å². The number of carbonyl (C=O) groups is 1. The Kier molecular flexibility index (Phi) is 3.19. The zero-order chi connectivity index (χ0) is 13.1. The van der Waals surface area contributed by atoms with E-state index in [4.69, 9.17) is 15.6 Å². The summed E-state index contributed by atoms with van der Waals surface area (Å²) in [4.78, 5) is 10.8. The Balaban J connectivity index is 2.22. The van der Waals surface area contributed by atoms with Gasteiger partial charge in [0, 0.05) is 11.8 Å². The standard InChI is InChI=1S/C14H13NO3/c1-9-2-4-10(5-3-9)18-11-6-7-12(14(16)17)13(15)8-11/h2-8H,15H2,1H3,(H,16,17). The van der Waals surface area contributed by atoms with Crippen LogP contribution in [0.1, 0.15) is 15.9 Å². The molecule has 92 valence electrons. The highest BCUT2D eigenvalue weighted by molar-refractivity contribution is 5.93. The molecule has 4 heteroatoms. The molecule has 0 radical (unpaired) electrons. The second kappa shape index (κ2) is 4.79. The van der Waals surface area contributed by atoms with Crippen LogP contribution in [0.4, 0.5) is 5.69 Å². The van der Waals surface area contributed by atoms with Crippen LogP contribution >= 0.6 is 0 Å². The van der Waals surface area contributed by atoms with Gasteiger partial charge in [0.25, 0.3) is 0 Å². The van der Waals surface area contributed by atoms with E-state index >= 15 is 0 Å². The van der Waals surface area contributed by atoms with E-state index in [2.05, 4.69) is 0 Å². The summed E-state index contributed by atoms with van der Waals surface area (Å²) < 4.78 is 5.58. The van der Waals surface area contributed by atoms with Crippen molar-refractivity contribution in [3.63, 3.8) is 0 Å². The third-order valence-electron chi connectivity index (χ3n) is 2.51. The van der Waals surface area contributed by atoms with Gasteiger partial charge in [-0.05, 0) is 31.2 Å². The predicted octanol–water partition coefficient (Wildman–Crippen LogP) is 3.07. The molecule has 0 bridgehead atoms. The average Bonchev–Trinajstić information content (AvgIpc) is 2.32. The number of benzene rings is 2. The fourth-order valence-electron chi connectivity index (χ4n) is 1.54.